The third-order valence-corrected chi connectivity index (χ3v) is 2.54. The van der Waals surface area contributed by atoms with Crippen LogP contribution in [0.4, 0.5) is 5.69 Å². The van der Waals surface area contributed by atoms with E-state index in [0.717, 1.165) is 18.8 Å². The smallest absolute Gasteiger partial charge is 0.266 e. The van der Waals surface area contributed by atoms with Crippen LogP contribution in [0.2, 0.25) is 0 Å². The van der Waals surface area contributed by atoms with Crippen LogP contribution in [0.15, 0.2) is 30.9 Å². The average molecular weight is 217 g/mol. The molecule has 0 aliphatic rings. The van der Waals surface area contributed by atoms with Gasteiger partial charge in [-0.1, -0.05) is 6.92 Å². The molecule has 2 aromatic rings. The molecule has 4 heteroatoms. The van der Waals surface area contributed by atoms with E-state index in [1.54, 1.807) is 6.20 Å². The topological polar surface area (TPSA) is 47.7 Å². The van der Waals surface area contributed by atoms with Gasteiger partial charge < -0.3 is 5.73 Å². The largest absolute Gasteiger partial charge is 0.396 e. The van der Waals surface area contributed by atoms with Gasteiger partial charge in [0.05, 0.1) is 12.2 Å². The monoisotopic (exact) mass is 217 g/mol. The molecule has 0 fully saturated rings. The lowest BCUT2D eigenvalue weighted by molar-refractivity contribution is -0.599. The van der Waals surface area contributed by atoms with Crippen molar-refractivity contribution in [3.05, 3.63) is 36.5 Å². The number of nitrogens with zero attached hydrogens (tertiary/aromatic N) is 3. The molecule has 0 unspecified atom stereocenters. The molecule has 0 saturated heterocycles. The molecular formula is C12H17N4+. The Bertz CT molecular complexity index is 470. The number of anilines is 1. The van der Waals surface area contributed by atoms with Crippen molar-refractivity contribution in [3.8, 4) is 5.82 Å². The zero-order valence-corrected chi connectivity index (χ0v) is 9.72. The minimum Gasteiger partial charge on any atom is -0.396 e. The van der Waals surface area contributed by atoms with Crippen LogP contribution in [0.3, 0.4) is 0 Å². The van der Waals surface area contributed by atoms with Crippen LogP contribution in [0.1, 0.15) is 19.0 Å². The van der Waals surface area contributed by atoms with Gasteiger partial charge in [-0.05, 0) is 19.4 Å². The maximum Gasteiger partial charge on any atom is 0.266 e. The van der Waals surface area contributed by atoms with Crippen LogP contribution < -0.4 is 10.3 Å². The zero-order valence-electron chi connectivity index (χ0n) is 9.72. The Kier molecular flexibility index (Phi) is 2.90. The molecule has 0 amide bonds. The summed E-state index contributed by atoms with van der Waals surface area (Å²) in [5.74, 6) is 0.896. The molecule has 2 rings (SSSR count). The van der Waals surface area contributed by atoms with E-state index in [9.17, 15) is 0 Å². The van der Waals surface area contributed by atoms with Crippen LogP contribution in [0, 0.1) is 6.92 Å². The maximum absolute atomic E-state index is 5.61. The fourth-order valence-corrected chi connectivity index (χ4v) is 1.70. The van der Waals surface area contributed by atoms with E-state index in [2.05, 4.69) is 35.9 Å². The Hall–Kier alpha value is -1.84. The Morgan fingerprint density at radius 3 is 2.88 bits per heavy atom. The SMILES string of the molecule is CCCn1c[n+](-c2ccc(N)cn2)cc1C. The molecule has 4 nitrogen and oxygen atoms in total. The molecule has 0 aliphatic heterocycles. The van der Waals surface area contributed by atoms with Gasteiger partial charge in [0.1, 0.15) is 18.1 Å². The van der Waals surface area contributed by atoms with E-state index in [0.29, 0.717) is 5.69 Å². The van der Waals surface area contributed by atoms with Gasteiger partial charge in [-0.2, -0.15) is 0 Å². The summed E-state index contributed by atoms with van der Waals surface area (Å²) in [5.41, 5.74) is 7.54. The predicted molar refractivity (Wildman–Crippen MR) is 63.2 cm³/mol. The van der Waals surface area contributed by atoms with Crippen LogP contribution in [-0.2, 0) is 6.54 Å². The number of pyridine rings is 1. The molecule has 0 spiro atoms. The van der Waals surface area contributed by atoms with E-state index >= 15 is 0 Å². The first kappa shape index (κ1) is 10.7. The summed E-state index contributed by atoms with van der Waals surface area (Å²) in [4.78, 5) is 4.29. The first-order valence-electron chi connectivity index (χ1n) is 5.50. The van der Waals surface area contributed by atoms with Crippen molar-refractivity contribution in [2.75, 3.05) is 5.73 Å². The lowest BCUT2D eigenvalue weighted by Gasteiger charge is -1.95. The molecule has 2 N–H and O–H groups in total. The highest BCUT2D eigenvalue weighted by Gasteiger charge is 2.10. The third kappa shape index (κ3) is 2.05. The van der Waals surface area contributed by atoms with E-state index < -0.39 is 0 Å². The molecule has 0 aromatic carbocycles. The molecular weight excluding hydrogens is 200 g/mol. The quantitative estimate of drug-likeness (QED) is 0.791. The fourth-order valence-electron chi connectivity index (χ4n) is 1.70. The second-order valence-electron chi connectivity index (χ2n) is 3.94. The van der Waals surface area contributed by atoms with Crippen LogP contribution >= 0.6 is 0 Å². The second kappa shape index (κ2) is 4.35. The standard InChI is InChI=1S/C12H17N4/c1-3-6-15-9-16(8-10(15)2)12-5-4-11(13)7-14-12/h4-5,7-9H,3,6,13H2,1-2H3/q+1. The number of rotatable bonds is 3. The van der Waals surface area contributed by atoms with Crippen molar-refractivity contribution in [2.24, 2.45) is 0 Å². The molecule has 0 aliphatic carbocycles. The zero-order chi connectivity index (χ0) is 11.5. The van der Waals surface area contributed by atoms with Gasteiger partial charge >= 0.3 is 0 Å². The van der Waals surface area contributed by atoms with Gasteiger partial charge in [0.15, 0.2) is 6.33 Å². The Morgan fingerprint density at radius 1 is 1.44 bits per heavy atom. The average Bonchev–Trinajstić information content (AvgIpc) is 2.62. The lowest BCUT2D eigenvalue weighted by Crippen LogP contribution is -2.29. The van der Waals surface area contributed by atoms with Gasteiger partial charge in [-0.15, -0.1) is 4.98 Å². The summed E-state index contributed by atoms with van der Waals surface area (Å²) in [6.45, 7) is 5.31. The predicted octanol–water partition coefficient (Wildman–Crippen LogP) is 1.46. The highest BCUT2D eigenvalue weighted by molar-refractivity contribution is 5.36. The van der Waals surface area contributed by atoms with Crippen molar-refractivity contribution in [1.29, 1.82) is 0 Å². The number of aromatic nitrogens is 3. The Balaban J connectivity index is 2.33. The molecule has 84 valence electrons. The van der Waals surface area contributed by atoms with Gasteiger partial charge in [0.25, 0.3) is 5.82 Å². The van der Waals surface area contributed by atoms with Crippen molar-refractivity contribution >= 4 is 5.69 Å². The highest BCUT2D eigenvalue weighted by Crippen LogP contribution is 2.03. The molecule has 0 saturated carbocycles. The summed E-state index contributed by atoms with van der Waals surface area (Å²) < 4.78 is 4.24. The van der Waals surface area contributed by atoms with Gasteiger partial charge in [0.2, 0.25) is 0 Å². The molecule has 0 atom stereocenters. The summed E-state index contributed by atoms with van der Waals surface area (Å²) >= 11 is 0. The minimum atomic E-state index is 0.689. The normalized spacial score (nSPS) is 10.6. The summed E-state index contributed by atoms with van der Waals surface area (Å²) in [6.07, 6.45) is 6.95. The first-order chi connectivity index (χ1) is 7.70. The Morgan fingerprint density at radius 2 is 2.25 bits per heavy atom. The number of aryl methyl sites for hydroxylation is 2. The molecule has 0 bridgehead atoms. The molecule has 0 radical (unpaired) electrons. The molecule has 16 heavy (non-hydrogen) atoms. The van der Waals surface area contributed by atoms with E-state index in [-0.39, 0.29) is 0 Å². The van der Waals surface area contributed by atoms with Gasteiger partial charge in [-0.3, -0.25) is 4.57 Å². The maximum atomic E-state index is 5.61. The Labute approximate surface area is 95.4 Å². The van der Waals surface area contributed by atoms with Gasteiger partial charge in [0, 0.05) is 6.07 Å². The van der Waals surface area contributed by atoms with Crippen molar-refractivity contribution in [1.82, 2.24) is 9.55 Å². The van der Waals surface area contributed by atoms with Crippen molar-refractivity contribution in [3.63, 3.8) is 0 Å². The van der Waals surface area contributed by atoms with Gasteiger partial charge in [-0.25, -0.2) is 4.57 Å². The number of nitrogen functional groups attached to an aromatic ring is 1. The third-order valence-electron chi connectivity index (χ3n) is 2.54. The van der Waals surface area contributed by atoms with Crippen LogP contribution in [0.5, 0.6) is 0 Å². The summed E-state index contributed by atoms with van der Waals surface area (Å²) in [7, 11) is 0. The number of nitrogens with two attached hydrogens (primary N) is 1. The summed E-state index contributed by atoms with van der Waals surface area (Å²) in [5, 5.41) is 0. The van der Waals surface area contributed by atoms with E-state index in [1.165, 1.54) is 5.69 Å². The van der Waals surface area contributed by atoms with E-state index in [1.807, 2.05) is 16.7 Å². The number of hydrogen-bond acceptors (Lipinski definition) is 2. The second-order valence-corrected chi connectivity index (χ2v) is 3.94. The van der Waals surface area contributed by atoms with Crippen LogP contribution in [0.25, 0.3) is 5.82 Å². The van der Waals surface area contributed by atoms with Crippen molar-refractivity contribution in [2.45, 2.75) is 26.8 Å². The highest BCUT2D eigenvalue weighted by atomic mass is 15.2. The number of hydrogen-bond donors (Lipinski definition) is 1. The van der Waals surface area contributed by atoms with E-state index in [4.69, 9.17) is 5.73 Å². The first-order valence-corrected chi connectivity index (χ1v) is 5.50. The fraction of sp³-hybridized carbons (Fsp3) is 0.333. The molecule has 2 heterocycles. The minimum absolute atomic E-state index is 0.689. The van der Waals surface area contributed by atoms with Crippen molar-refractivity contribution < 1.29 is 4.57 Å². The summed E-state index contributed by atoms with van der Waals surface area (Å²) in [6, 6.07) is 3.78. The number of imidazole rings is 1. The molecule has 2 aromatic heterocycles. The van der Waals surface area contributed by atoms with Crippen LogP contribution in [-0.4, -0.2) is 9.55 Å². The lowest BCUT2D eigenvalue weighted by atomic mass is 10.4.